The van der Waals surface area contributed by atoms with E-state index in [1.165, 1.54) is 5.75 Å². The van der Waals surface area contributed by atoms with Crippen LogP contribution in [-0.4, -0.2) is 8.42 Å². The number of rotatable bonds is 0. The topological polar surface area (TPSA) is 34.1 Å². The molecular weight excluding hydrogens is 148 g/mol. The van der Waals surface area contributed by atoms with Gasteiger partial charge in [-0.25, -0.2) is 8.42 Å². The fourth-order valence-electron chi connectivity index (χ4n) is 1.01. The van der Waals surface area contributed by atoms with Crippen molar-refractivity contribution in [1.82, 2.24) is 0 Å². The maximum absolute atomic E-state index is 10.9. The summed E-state index contributed by atoms with van der Waals surface area (Å²) in [6, 6.07) is 6.95. The summed E-state index contributed by atoms with van der Waals surface area (Å²) in [6.07, 6.45) is 0. The van der Waals surface area contributed by atoms with Crippen molar-refractivity contribution in [2.24, 2.45) is 0 Å². The molecule has 3 heteroatoms. The van der Waals surface area contributed by atoms with Gasteiger partial charge < -0.3 is 0 Å². The molecule has 2 nitrogen and oxygen atoms in total. The van der Waals surface area contributed by atoms with E-state index in [0.29, 0.717) is 4.90 Å². The molecule has 1 radical (unpaired) electrons. The van der Waals surface area contributed by atoms with E-state index in [-0.39, 0.29) is 0 Å². The van der Waals surface area contributed by atoms with Crippen molar-refractivity contribution in [1.29, 1.82) is 0 Å². The van der Waals surface area contributed by atoms with Gasteiger partial charge in [0, 0.05) is 0 Å². The first-order valence-electron chi connectivity index (χ1n) is 2.89. The lowest BCUT2D eigenvalue weighted by molar-refractivity contribution is 0.596. The minimum atomic E-state index is -2.97. The van der Waals surface area contributed by atoms with Gasteiger partial charge in [-0.3, -0.25) is 0 Å². The fourth-order valence-corrected chi connectivity index (χ4v) is 2.21. The molecule has 0 aliphatic carbocycles. The number of fused-ring (bicyclic) bond motifs is 1. The molecule has 0 fully saturated rings. The Hall–Kier alpha value is -0.830. The normalized spacial score (nSPS) is 19.2. The molecule has 51 valence electrons. The quantitative estimate of drug-likeness (QED) is 0.557. The number of hydrogen-bond acceptors (Lipinski definition) is 2. The zero-order valence-electron chi connectivity index (χ0n) is 5.11. The summed E-state index contributed by atoms with van der Waals surface area (Å²) < 4.78 is 21.7. The van der Waals surface area contributed by atoms with Crippen LogP contribution in [0, 0.1) is 5.75 Å². The molecule has 1 aliphatic heterocycles. The van der Waals surface area contributed by atoms with Crippen LogP contribution >= 0.6 is 0 Å². The van der Waals surface area contributed by atoms with E-state index in [0.717, 1.165) is 5.56 Å². The summed E-state index contributed by atoms with van der Waals surface area (Å²) in [7, 11) is -2.97. The Labute approximate surface area is 59.4 Å². The smallest absolute Gasteiger partial charge is 0.187 e. The van der Waals surface area contributed by atoms with E-state index in [1.807, 2.05) is 6.07 Å². The molecule has 0 spiro atoms. The van der Waals surface area contributed by atoms with Crippen LogP contribution in [0.15, 0.2) is 29.2 Å². The highest BCUT2D eigenvalue weighted by Crippen LogP contribution is 2.32. The van der Waals surface area contributed by atoms with E-state index in [1.54, 1.807) is 18.2 Å². The lowest BCUT2D eigenvalue weighted by atomic mass is 10.2. The molecule has 0 unspecified atom stereocenters. The van der Waals surface area contributed by atoms with Gasteiger partial charge in [-0.15, -0.1) is 0 Å². The van der Waals surface area contributed by atoms with E-state index in [4.69, 9.17) is 0 Å². The number of sulfone groups is 1. The Morgan fingerprint density at radius 2 is 1.80 bits per heavy atom. The summed E-state index contributed by atoms with van der Waals surface area (Å²) in [6.45, 7) is 0. The molecule has 1 aliphatic rings. The van der Waals surface area contributed by atoms with Crippen LogP contribution in [0.4, 0.5) is 0 Å². The molecule has 0 atom stereocenters. The molecule has 0 saturated carbocycles. The summed E-state index contributed by atoms with van der Waals surface area (Å²) >= 11 is 0. The highest BCUT2D eigenvalue weighted by Gasteiger charge is 2.29. The minimum Gasteiger partial charge on any atom is -0.223 e. The number of hydrogen-bond donors (Lipinski definition) is 0. The number of benzene rings is 1. The van der Waals surface area contributed by atoms with Crippen LogP contribution in [0.2, 0.25) is 0 Å². The van der Waals surface area contributed by atoms with Crippen LogP contribution in [0.3, 0.4) is 0 Å². The van der Waals surface area contributed by atoms with Gasteiger partial charge in [-0.1, -0.05) is 18.2 Å². The molecule has 2 rings (SSSR count). The van der Waals surface area contributed by atoms with Crippen LogP contribution < -0.4 is 0 Å². The Balaban J connectivity index is 2.75. The predicted octanol–water partition coefficient (Wildman–Crippen LogP) is 0.984. The maximum atomic E-state index is 10.9. The lowest BCUT2D eigenvalue weighted by Crippen LogP contribution is -2.15. The third-order valence-electron chi connectivity index (χ3n) is 1.51. The minimum absolute atomic E-state index is 0.454. The highest BCUT2D eigenvalue weighted by atomic mass is 32.2. The van der Waals surface area contributed by atoms with Gasteiger partial charge in [-0.05, 0) is 11.6 Å². The van der Waals surface area contributed by atoms with Crippen LogP contribution in [0.1, 0.15) is 5.56 Å². The largest absolute Gasteiger partial charge is 0.223 e. The van der Waals surface area contributed by atoms with E-state index in [2.05, 4.69) is 0 Å². The van der Waals surface area contributed by atoms with Crippen molar-refractivity contribution in [3.8, 4) is 0 Å². The SMILES string of the molecule is O=S1(=O)[CH]c2ccccc21. The lowest BCUT2D eigenvalue weighted by Gasteiger charge is -2.16. The van der Waals surface area contributed by atoms with Crippen molar-refractivity contribution >= 4 is 9.84 Å². The molecule has 0 saturated heterocycles. The Kier molecular flexibility index (Phi) is 0.951. The first-order chi connectivity index (χ1) is 4.70. The zero-order valence-corrected chi connectivity index (χ0v) is 5.93. The molecule has 0 amide bonds. The van der Waals surface area contributed by atoms with Crippen molar-refractivity contribution in [2.75, 3.05) is 0 Å². The average Bonchev–Trinajstić information content (AvgIpc) is 1.86. The second-order valence-electron chi connectivity index (χ2n) is 2.20. The van der Waals surface area contributed by atoms with Crippen molar-refractivity contribution < 1.29 is 8.42 Å². The predicted molar refractivity (Wildman–Crippen MR) is 37.0 cm³/mol. The van der Waals surface area contributed by atoms with Crippen LogP contribution in [0.25, 0.3) is 0 Å². The second kappa shape index (κ2) is 1.61. The van der Waals surface area contributed by atoms with Gasteiger partial charge in [0.25, 0.3) is 0 Å². The Morgan fingerprint density at radius 1 is 1.10 bits per heavy atom. The first-order valence-corrected chi connectivity index (χ1v) is 4.44. The Bertz CT molecular complexity index is 365. The molecule has 0 aromatic heterocycles. The van der Waals surface area contributed by atoms with Crippen molar-refractivity contribution in [3.63, 3.8) is 0 Å². The third kappa shape index (κ3) is 0.609. The van der Waals surface area contributed by atoms with Crippen molar-refractivity contribution in [3.05, 3.63) is 35.6 Å². The Morgan fingerprint density at radius 3 is 2.30 bits per heavy atom. The van der Waals surface area contributed by atoms with Crippen LogP contribution in [-0.2, 0) is 9.84 Å². The molecule has 10 heavy (non-hydrogen) atoms. The summed E-state index contributed by atoms with van der Waals surface area (Å²) in [5.74, 6) is 1.28. The van der Waals surface area contributed by atoms with Crippen molar-refractivity contribution in [2.45, 2.75) is 4.90 Å². The third-order valence-corrected chi connectivity index (χ3v) is 3.06. The summed E-state index contributed by atoms with van der Waals surface area (Å²) in [5, 5.41) is 0. The second-order valence-corrected chi connectivity index (χ2v) is 3.97. The summed E-state index contributed by atoms with van der Waals surface area (Å²) in [5.41, 5.74) is 0.822. The van der Waals surface area contributed by atoms with Gasteiger partial charge in [0.1, 0.15) is 5.75 Å². The van der Waals surface area contributed by atoms with E-state index >= 15 is 0 Å². The van der Waals surface area contributed by atoms with Gasteiger partial charge in [0.2, 0.25) is 0 Å². The van der Waals surface area contributed by atoms with Crippen LogP contribution in [0.5, 0.6) is 0 Å². The zero-order chi connectivity index (χ0) is 7.19. The van der Waals surface area contributed by atoms with Gasteiger partial charge in [0.15, 0.2) is 9.84 Å². The average molecular weight is 153 g/mol. The maximum Gasteiger partial charge on any atom is 0.187 e. The molecule has 0 N–H and O–H groups in total. The first kappa shape index (κ1) is 5.92. The van der Waals surface area contributed by atoms with Gasteiger partial charge >= 0.3 is 0 Å². The van der Waals surface area contributed by atoms with Gasteiger partial charge in [-0.2, -0.15) is 0 Å². The molecule has 1 aromatic rings. The van der Waals surface area contributed by atoms with E-state index < -0.39 is 9.84 Å². The fraction of sp³-hybridized carbons (Fsp3) is 0. The molecule has 0 bridgehead atoms. The van der Waals surface area contributed by atoms with E-state index in [9.17, 15) is 8.42 Å². The molecule has 1 aromatic carbocycles. The standard InChI is InChI=1S/C7H5O2S/c8-10(9)5-6-3-1-2-4-7(6)10/h1-5H. The monoisotopic (exact) mass is 153 g/mol. The summed E-state index contributed by atoms with van der Waals surface area (Å²) in [4.78, 5) is 0.454. The molecule has 1 heterocycles. The highest BCUT2D eigenvalue weighted by molar-refractivity contribution is 7.95. The molecular formula is C7H5O2S. The van der Waals surface area contributed by atoms with Gasteiger partial charge in [0.05, 0.1) is 4.90 Å².